The Kier molecular flexibility index (Phi) is 4.36. The van der Waals surface area contributed by atoms with E-state index in [0.717, 1.165) is 0 Å². The van der Waals surface area contributed by atoms with E-state index in [1.165, 1.54) is 38.1 Å². The maximum atomic E-state index is 11.0. The Morgan fingerprint density at radius 3 is 1.89 bits per heavy atom. The van der Waals surface area contributed by atoms with Gasteiger partial charge in [0, 0.05) is 26.0 Å². The lowest BCUT2D eigenvalue weighted by Gasteiger charge is -2.18. The van der Waals surface area contributed by atoms with E-state index < -0.39 is 11.1 Å². The lowest BCUT2D eigenvalue weighted by Crippen LogP contribution is -2.39. The first-order valence-electron chi connectivity index (χ1n) is 5.18. The number of carbonyl (C=O) groups is 2. The van der Waals surface area contributed by atoms with E-state index in [2.05, 4.69) is 10.6 Å². The van der Waals surface area contributed by atoms with Crippen molar-refractivity contribution in [3.63, 3.8) is 0 Å². The van der Waals surface area contributed by atoms with Gasteiger partial charge >= 0.3 is 0 Å². The molecule has 0 saturated carbocycles. The van der Waals surface area contributed by atoms with Crippen LogP contribution in [0.2, 0.25) is 0 Å². The van der Waals surface area contributed by atoms with Crippen molar-refractivity contribution >= 4 is 17.5 Å². The molecule has 0 aromatic heterocycles. The molecule has 0 fully saturated rings. The number of nitrogens with zero attached hydrogens (tertiary/aromatic N) is 1. The van der Waals surface area contributed by atoms with Gasteiger partial charge in [0.05, 0.1) is 4.92 Å². The van der Waals surface area contributed by atoms with E-state index in [1.807, 2.05) is 0 Å². The van der Waals surface area contributed by atoms with Crippen molar-refractivity contribution < 1.29 is 14.5 Å². The van der Waals surface area contributed by atoms with Crippen LogP contribution in [0.4, 0.5) is 5.69 Å². The molecule has 0 aliphatic heterocycles. The molecule has 2 amide bonds. The highest BCUT2D eigenvalue weighted by Crippen LogP contribution is 2.16. The SMILES string of the molecule is CC(=O)NC(NC(C)=O)c1ccc([N+](=O)[O-])cc1. The van der Waals surface area contributed by atoms with Crippen molar-refractivity contribution in [2.45, 2.75) is 20.0 Å². The van der Waals surface area contributed by atoms with Gasteiger partial charge in [-0.2, -0.15) is 0 Å². The molecule has 0 aliphatic carbocycles. The van der Waals surface area contributed by atoms with E-state index in [4.69, 9.17) is 0 Å². The summed E-state index contributed by atoms with van der Waals surface area (Å²) in [7, 11) is 0. The normalized spacial score (nSPS) is 9.94. The lowest BCUT2D eigenvalue weighted by atomic mass is 10.1. The molecular weight excluding hydrogens is 238 g/mol. The molecule has 1 aromatic rings. The number of nitro benzene ring substituents is 1. The molecule has 0 bridgehead atoms. The first-order valence-corrected chi connectivity index (χ1v) is 5.18. The Labute approximate surface area is 103 Å². The number of hydrogen-bond acceptors (Lipinski definition) is 4. The van der Waals surface area contributed by atoms with Crippen molar-refractivity contribution in [1.82, 2.24) is 10.6 Å². The highest BCUT2D eigenvalue weighted by molar-refractivity contribution is 5.76. The molecule has 0 aliphatic rings. The monoisotopic (exact) mass is 251 g/mol. The van der Waals surface area contributed by atoms with E-state index >= 15 is 0 Å². The topological polar surface area (TPSA) is 101 Å². The van der Waals surface area contributed by atoms with E-state index in [0.29, 0.717) is 5.56 Å². The molecule has 0 spiro atoms. The van der Waals surface area contributed by atoms with Crippen LogP contribution < -0.4 is 10.6 Å². The zero-order chi connectivity index (χ0) is 13.7. The summed E-state index contributed by atoms with van der Waals surface area (Å²) in [5.41, 5.74) is 0.508. The van der Waals surface area contributed by atoms with Gasteiger partial charge in [-0.1, -0.05) is 0 Å². The smallest absolute Gasteiger partial charge is 0.269 e. The van der Waals surface area contributed by atoms with Crippen LogP contribution in [-0.2, 0) is 9.59 Å². The number of hydrogen-bond donors (Lipinski definition) is 2. The van der Waals surface area contributed by atoms with Gasteiger partial charge in [-0.3, -0.25) is 19.7 Å². The first kappa shape index (κ1) is 13.6. The Morgan fingerprint density at radius 1 is 1.11 bits per heavy atom. The number of amides is 2. The van der Waals surface area contributed by atoms with Crippen molar-refractivity contribution in [1.29, 1.82) is 0 Å². The van der Waals surface area contributed by atoms with Gasteiger partial charge in [-0.15, -0.1) is 0 Å². The van der Waals surface area contributed by atoms with Crippen LogP contribution in [0.1, 0.15) is 25.6 Å². The second kappa shape index (κ2) is 5.76. The molecule has 1 rings (SSSR count). The van der Waals surface area contributed by atoms with Crippen molar-refractivity contribution in [3.05, 3.63) is 39.9 Å². The lowest BCUT2D eigenvalue weighted by molar-refractivity contribution is -0.384. The summed E-state index contributed by atoms with van der Waals surface area (Å²) >= 11 is 0. The van der Waals surface area contributed by atoms with Gasteiger partial charge in [0.25, 0.3) is 5.69 Å². The van der Waals surface area contributed by atoms with Gasteiger partial charge in [0.2, 0.25) is 11.8 Å². The predicted molar refractivity (Wildman–Crippen MR) is 63.5 cm³/mol. The molecular formula is C11H13N3O4. The van der Waals surface area contributed by atoms with Gasteiger partial charge < -0.3 is 10.6 Å². The van der Waals surface area contributed by atoms with E-state index in [1.54, 1.807) is 0 Å². The Balaban J connectivity index is 2.93. The minimum Gasteiger partial charge on any atom is -0.332 e. The van der Waals surface area contributed by atoms with Crippen molar-refractivity contribution in [3.8, 4) is 0 Å². The first-order chi connectivity index (χ1) is 8.40. The summed E-state index contributed by atoms with van der Waals surface area (Å²) in [6.07, 6.45) is -0.694. The van der Waals surface area contributed by atoms with Crippen LogP contribution in [0.5, 0.6) is 0 Å². The fourth-order valence-electron chi connectivity index (χ4n) is 1.40. The van der Waals surface area contributed by atoms with Crippen LogP contribution in [-0.4, -0.2) is 16.7 Å². The number of rotatable bonds is 4. The fourth-order valence-corrected chi connectivity index (χ4v) is 1.40. The third-order valence-corrected chi connectivity index (χ3v) is 2.13. The number of nitrogens with one attached hydrogen (secondary N) is 2. The molecule has 18 heavy (non-hydrogen) atoms. The maximum absolute atomic E-state index is 11.0. The zero-order valence-electron chi connectivity index (χ0n) is 9.97. The largest absolute Gasteiger partial charge is 0.332 e. The second-order valence-corrected chi connectivity index (χ2v) is 3.68. The number of non-ortho nitro benzene ring substituents is 1. The Bertz CT molecular complexity index is 454. The third kappa shape index (κ3) is 3.85. The summed E-state index contributed by atoms with van der Waals surface area (Å²) in [5.74, 6) is -0.626. The number of benzene rings is 1. The summed E-state index contributed by atoms with van der Waals surface area (Å²) in [6, 6.07) is 5.58. The molecule has 7 nitrogen and oxygen atoms in total. The zero-order valence-corrected chi connectivity index (χ0v) is 9.97. The average molecular weight is 251 g/mol. The van der Waals surface area contributed by atoms with Gasteiger partial charge in [0.1, 0.15) is 6.17 Å². The molecule has 2 N–H and O–H groups in total. The fraction of sp³-hybridized carbons (Fsp3) is 0.273. The highest BCUT2D eigenvalue weighted by Gasteiger charge is 2.14. The summed E-state index contributed by atoms with van der Waals surface area (Å²) in [5, 5.41) is 15.6. The molecule has 96 valence electrons. The number of carbonyl (C=O) groups excluding carboxylic acids is 2. The Morgan fingerprint density at radius 2 is 1.56 bits per heavy atom. The second-order valence-electron chi connectivity index (χ2n) is 3.68. The van der Waals surface area contributed by atoms with Crippen LogP contribution >= 0.6 is 0 Å². The molecule has 7 heteroatoms. The Hall–Kier alpha value is -2.44. The average Bonchev–Trinajstić information content (AvgIpc) is 2.27. The maximum Gasteiger partial charge on any atom is 0.269 e. The molecule has 0 radical (unpaired) electrons. The number of nitro groups is 1. The minimum atomic E-state index is -0.694. The van der Waals surface area contributed by atoms with Crippen LogP contribution in [0.25, 0.3) is 0 Å². The summed E-state index contributed by atoms with van der Waals surface area (Å²) in [4.78, 5) is 32.0. The van der Waals surface area contributed by atoms with Crippen molar-refractivity contribution in [2.75, 3.05) is 0 Å². The summed E-state index contributed by atoms with van der Waals surface area (Å²) in [6.45, 7) is 2.64. The van der Waals surface area contributed by atoms with Crippen molar-refractivity contribution in [2.24, 2.45) is 0 Å². The van der Waals surface area contributed by atoms with Gasteiger partial charge in [-0.25, -0.2) is 0 Å². The van der Waals surface area contributed by atoms with Crippen LogP contribution in [0.15, 0.2) is 24.3 Å². The standard InChI is InChI=1S/C11H13N3O4/c1-7(15)12-11(13-8(2)16)9-3-5-10(6-4-9)14(17)18/h3-6,11H,1-2H3,(H,12,15)(H,13,16). The van der Waals surface area contributed by atoms with Gasteiger partial charge in [0.15, 0.2) is 0 Å². The molecule has 0 atom stereocenters. The molecule has 1 aromatic carbocycles. The molecule has 0 saturated heterocycles. The van der Waals surface area contributed by atoms with Crippen LogP contribution in [0.3, 0.4) is 0 Å². The van der Waals surface area contributed by atoms with Gasteiger partial charge in [-0.05, 0) is 17.7 Å². The molecule has 0 unspecified atom stereocenters. The highest BCUT2D eigenvalue weighted by atomic mass is 16.6. The third-order valence-electron chi connectivity index (χ3n) is 2.13. The minimum absolute atomic E-state index is 0.0526. The van der Waals surface area contributed by atoms with E-state index in [9.17, 15) is 19.7 Å². The van der Waals surface area contributed by atoms with Crippen LogP contribution in [0, 0.1) is 10.1 Å². The summed E-state index contributed by atoms with van der Waals surface area (Å²) < 4.78 is 0. The quantitative estimate of drug-likeness (QED) is 0.471. The molecule has 0 heterocycles. The van der Waals surface area contributed by atoms with E-state index in [-0.39, 0.29) is 17.5 Å². The predicted octanol–water partition coefficient (Wildman–Crippen LogP) is 0.866.